The number of ether oxygens (including phenoxy) is 1. The summed E-state index contributed by atoms with van der Waals surface area (Å²) in [5.74, 6) is 0.997. The van der Waals surface area contributed by atoms with Crippen LogP contribution in [0, 0.1) is 5.92 Å². The zero-order valence-corrected chi connectivity index (χ0v) is 6.89. The Balaban J connectivity index is 2.24. The maximum absolute atomic E-state index is 9.35. The van der Waals surface area contributed by atoms with E-state index >= 15 is 0 Å². The van der Waals surface area contributed by atoms with Crippen LogP contribution < -0.4 is 0 Å². The Hall–Kier alpha value is 0.270. The maximum Gasteiger partial charge on any atom is 0.0657 e. The van der Waals surface area contributed by atoms with Crippen LogP contribution in [0.25, 0.3) is 0 Å². The molecule has 3 heteroatoms. The van der Waals surface area contributed by atoms with Gasteiger partial charge in [0.2, 0.25) is 0 Å². The van der Waals surface area contributed by atoms with Crippen LogP contribution in [0.4, 0.5) is 0 Å². The van der Waals surface area contributed by atoms with Crippen molar-refractivity contribution in [1.82, 2.24) is 0 Å². The van der Waals surface area contributed by atoms with Crippen molar-refractivity contribution in [2.75, 3.05) is 19.0 Å². The number of hydrogen-bond acceptors (Lipinski definition) is 3. The largest absolute Gasteiger partial charge is 0.392 e. The first kappa shape index (κ1) is 8.37. The van der Waals surface area contributed by atoms with Crippen molar-refractivity contribution in [3.05, 3.63) is 0 Å². The molecule has 1 saturated heterocycles. The third kappa shape index (κ3) is 2.15. The lowest BCUT2D eigenvalue weighted by Crippen LogP contribution is -2.28. The molecule has 1 rings (SSSR count). The van der Waals surface area contributed by atoms with Gasteiger partial charge in [-0.1, -0.05) is 0 Å². The second-order valence-corrected chi connectivity index (χ2v) is 3.06. The zero-order valence-electron chi connectivity index (χ0n) is 5.99. The minimum Gasteiger partial charge on any atom is -0.392 e. The van der Waals surface area contributed by atoms with E-state index in [1.807, 2.05) is 0 Å². The van der Waals surface area contributed by atoms with Crippen LogP contribution in [0.1, 0.15) is 12.8 Å². The number of hydrogen-bond donors (Lipinski definition) is 2. The maximum atomic E-state index is 9.35. The summed E-state index contributed by atoms with van der Waals surface area (Å²) < 4.78 is 5.16. The van der Waals surface area contributed by atoms with Crippen molar-refractivity contribution in [2.45, 2.75) is 18.9 Å². The molecule has 2 nitrogen and oxygen atoms in total. The van der Waals surface area contributed by atoms with Crippen molar-refractivity contribution >= 4 is 12.6 Å². The first-order valence-corrected chi connectivity index (χ1v) is 4.34. The average Bonchev–Trinajstić information content (AvgIpc) is 2.05. The summed E-state index contributed by atoms with van der Waals surface area (Å²) in [7, 11) is 0. The van der Waals surface area contributed by atoms with Gasteiger partial charge in [0.1, 0.15) is 0 Å². The molecule has 0 aromatic heterocycles. The van der Waals surface area contributed by atoms with E-state index in [1.165, 1.54) is 0 Å². The molecule has 1 atom stereocenters. The Kier molecular flexibility index (Phi) is 3.52. The molecule has 1 heterocycles. The Morgan fingerprint density at radius 1 is 1.50 bits per heavy atom. The van der Waals surface area contributed by atoms with E-state index in [0.717, 1.165) is 26.1 Å². The lowest BCUT2D eigenvalue weighted by atomic mass is 9.95. The van der Waals surface area contributed by atoms with Crippen LogP contribution in [-0.4, -0.2) is 30.2 Å². The number of rotatable bonds is 2. The van der Waals surface area contributed by atoms with Gasteiger partial charge in [-0.15, -0.1) is 0 Å². The standard InChI is InChI=1S/C7H14O2S/c8-7(5-10)6-1-3-9-4-2-6/h6-8,10H,1-5H2. The fourth-order valence-electron chi connectivity index (χ4n) is 1.25. The number of thiol groups is 1. The van der Waals surface area contributed by atoms with Crippen molar-refractivity contribution < 1.29 is 9.84 Å². The lowest BCUT2D eigenvalue weighted by Gasteiger charge is -2.25. The monoisotopic (exact) mass is 162 g/mol. The molecule has 1 aliphatic rings. The van der Waals surface area contributed by atoms with E-state index in [0.29, 0.717) is 11.7 Å². The molecule has 1 unspecified atom stereocenters. The Labute approximate surface area is 67.0 Å². The highest BCUT2D eigenvalue weighted by atomic mass is 32.1. The van der Waals surface area contributed by atoms with Gasteiger partial charge in [0, 0.05) is 19.0 Å². The first-order chi connectivity index (χ1) is 4.84. The molecule has 1 fully saturated rings. The highest BCUT2D eigenvalue weighted by molar-refractivity contribution is 7.80. The molecular weight excluding hydrogens is 148 g/mol. The molecular formula is C7H14O2S. The van der Waals surface area contributed by atoms with Crippen LogP contribution in [0.3, 0.4) is 0 Å². The summed E-state index contributed by atoms with van der Waals surface area (Å²) in [4.78, 5) is 0. The van der Waals surface area contributed by atoms with Crippen molar-refractivity contribution in [2.24, 2.45) is 5.92 Å². The predicted octanol–water partition coefficient (Wildman–Crippen LogP) is 0.704. The summed E-state index contributed by atoms with van der Waals surface area (Å²) in [6.45, 7) is 1.60. The van der Waals surface area contributed by atoms with E-state index in [9.17, 15) is 5.11 Å². The minimum atomic E-state index is -0.229. The van der Waals surface area contributed by atoms with E-state index in [4.69, 9.17) is 4.74 Å². The number of aliphatic hydroxyl groups is 1. The van der Waals surface area contributed by atoms with Gasteiger partial charge < -0.3 is 9.84 Å². The van der Waals surface area contributed by atoms with Crippen LogP contribution >= 0.6 is 12.6 Å². The zero-order chi connectivity index (χ0) is 7.40. The molecule has 0 bridgehead atoms. The fraction of sp³-hybridized carbons (Fsp3) is 1.00. The SMILES string of the molecule is OC(CS)C1CCOCC1. The van der Waals surface area contributed by atoms with Crippen molar-refractivity contribution in [3.8, 4) is 0 Å². The van der Waals surface area contributed by atoms with Crippen LogP contribution in [0.5, 0.6) is 0 Å². The van der Waals surface area contributed by atoms with Gasteiger partial charge in [-0.3, -0.25) is 0 Å². The summed E-state index contributed by atoms with van der Waals surface area (Å²) in [6, 6.07) is 0. The molecule has 0 aliphatic carbocycles. The highest BCUT2D eigenvalue weighted by Crippen LogP contribution is 2.18. The predicted molar refractivity (Wildman–Crippen MR) is 43.4 cm³/mol. The van der Waals surface area contributed by atoms with Gasteiger partial charge >= 0.3 is 0 Å². The lowest BCUT2D eigenvalue weighted by molar-refractivity contribution is 0.0170. The summed E-state index contributed by atoms with van der Waals surface area (Å²) >= 11 is 4.03. The smallest absolute Gasteiger partial charge is 0.0657 e. The molecule has 60 valence electrons. The molecule has 0 amide bonds. The minimum absolute atomic E-state index is 0.229. The average molecular weight is 162 g/mol. The second-order valence-electron chi connectivity index (χ2n) is 2.70. The normalized spacial score (nSPS) is 24.6. The third-order valence-electron chi connectivity index (χ3n) is 2.00. The first-order valence-electron chi connectivity index (χ1n) is 3.71. The Morgan fingerprint density at radius 3 is 2.60 bits per heavy atom. The van der Waals surface area contributed by atoms with Crippen molar-refractivity contribution in [1.29, 1.82) is 0 Å². The van der Waals surface area contributed by atoms with Crippen LogP contribution in [-0.2, 0) is 4.74 Å². The molecule has 1 aliphatic heterocycles. The summed E-state index contributed by atoms with van der Waals surface area (Å²) in [5.41, 5.74) is 0. The molecule has 0 aromatic carbocycles. The third-order valence-corrected chi connectivity index (χ3v) is 2.37. The van der Waals surface area contributed by atoms with E-state index in [2.05, 4.69) is 12.6 Å². The van der Waals surface area contributed by atoms with Gasteiger partial charge in [0.05, 0.1) is 6.10 Å². The molecule has 1 N–H and O–H groups in total. The quantitative estimate of drug-likeness (QED) is 0.585. The van der Waals surface area contributed by atoms with E-state index in [-0.39, 0.29) is 6.10 Å². The Morgan fingerprint density at radius 2 is 2.10 bits per heavy atom. The topological polar surface area (TPSA) is 29.5 Å². The molecule has 0 saturated carbocycles. The van der Waals surface area contributed by atoms with Gasteiger partial charge in [-0.2, -0.15) is 12.6 Å². The van der Waals surface area contributed by atoms with Crippen molar-refractivity contribution in [3.63, 3.8) is 0 Å². The van der Waals surface area contributed by atoms with Gasteiger partial charge in [0.15, 0.2) is 0 Å². The summed E-state index contributed by atoms with van der Waals surface area (Å²) in [5, 5.41) is 9.35. The molecule has 0 spiro atoms. The van der Waals surface area contributed by atoms with Gasteiger partial charge in [-0.25, -0.2) is 0 Å². The fourth-order valence-corrected chi connectivity index (χ4v) is 1.55. The van der Waals surface area contributed by atoms with E-state index < -0.39 is 0 Å². The molecule has 0 aromatic rings. The second kappa shape index (κ2) is 4.21. The van der Waals surface area contributed by atoms with Crippen LogP contribution in [0.15, 0.2) is 0 Å². The number of aliphatic hydroxyl groups excluding tert-OH is 1. The highest BCUT2D eigenvalue weighted by Gasteiger charge is 2.20. The van der Waals surface area contributed by atoms with Crippen LogP contribution in [0.2, 0.25) is 0 Å². The molecule has 10 heavy (non-hydrogen) atoms. The summed E-state index contributed by atoms with van der Waals surface area (Å²) in [6.07, 6.45) is 1.75. The van der Waals surface area contributed by atoms with Gasteiger partial charge in [-0.05, 0) is 18.8 Å². The molecule has 0 radical (unpaired) electrons. The van der Waals surface area contributed by atoms with E-state index in [1.54, 1.807) is 0 Å². The van der Waals surface area contributed by atoms with Gasteiger partial charge in [0.25, 0.3) is 0 Å². The Bertz CT molecular complexity index is 91.6.